The van der Waals surface area contributed by atoms with Crippen LogP contribution in [0.5, 0.6) is 0 Å². The van der Waals surface area contributed by atoms with Gasteiger partial charge < -0.3 is 5.32 Å². The highest BCUT2D eigenvalue weighted by Crippen LogP contribution is 2.11. The smallest absolute Gasteiger partial charge is 0.00103 e. The van der Waals surface area contributed by atoms with Crippen LogP contribution in [0.1, 0.15) is 70.4 Å². The molecule has 1 heteroatoms. The molecule has 0 bridgehead atoms. The van der Waals surface area contributed by atoms with Crippen LogP contribution in [0.3, 0.4) is 0 Å². The molecule has 1 N–H and O–H groups in total. The second-order valence-electron chi connectivity index (χ2n) is 6.19. The molecule has 0 aliphatic rings. The third kappa shape index (κ3) is 8.37. The van der Waals surface area contributed by atoms with Gasteiger partial charge >= 0.3 is 0 Å². The molecule has 1 aromatic carbocycles. The van der Waals surface area contributed by atoms with Crippen molar-refractivity contribution in [3.8, 4) is 0 Å². The Morgan fingerprint density at radius 3 is 1.90 bits per heavy atom. The summed E-state index contributed by atoms with van der Waals surface area (Å²) >= 11 is 0. The first-order valence-electron chi connectivity index (χ1n) is 8.53. The molecule has 0 aromatic heterocycles. The molecule has 20 heavy (non-hydrogen) atoms. The second-order valence-corrected chi connectivity index (χ2v) is 6.19. The third-order valence-electron chi connectivity index (χ3n) is 3.79. The van der Waals surface area contributed by atoms with Crippen molar-refractivity contribution in [2.75, 3.05) is 6.54 Å². The lowest BCUT2D eigenvalue weighted by molar-refractivity contribution is 0.542. The van der Waals surface area contributed by atoms with Crippen LogP contribution in [0.4, 0.5) is 0 Å². The van der Waals surface area contributed by atoms with Crippen LogP contribution in [-0.4, -0.2) is 12.6 Å². The van der Waals surface area contributed by atoms with Crippen LogP contribution in [-0.2, 0) is 12.8 Å². The highest BCUT2D eigenvalue weighted by Gasteiger charge is 1.97. The van der Waals surface area contributed by atoms with E-state index in [1.165, 1.54) is 69.0 Å². The summed E-state index contributed by atoms with van der Waals surface area (Å²) in [6, 6.07) is 9.91. The van der Waals surface area contributed by atoms with Crippen molar-refractivity contribution in [3.63, 3.8) is 0 Å². The van der Waals surface area contributed by atoms with Crippen LogP contribution in [0, 0.1) is 0 Å². The minimum atomic E-state index is 0.626. The highest BCUT2D eigenvalue weighted by molar-refractivity contribution is 5.22. The summed E-state index contributed by atoms with van der Waals surface area (Å²) in [5, 5.41) is 3.48. The fourth-order valence-corrected chi connectivity index (χ4v) is 2.45. The van der Waals surface area contributed by atoms with Crippen molar-refractivity contribution in [1.29, 1.82) is 0 Å². The zero-order chi connectivity index (χ0) is 14.6. The molecule has 1 rings (SSSR count). The van der Waals surface area contributed by atoms with Crippen molar-refractivity contribution in [2.24, 2.45) is 0 Å². The lowest BCUT2D eigenvalue weighted by Crippen LogP contribution is -2.23. The van der Waals surface area contributed by atoms with Crippen molar-refractivity contribution in [2.45, 2.75) is 78.2 Å². The van der Waals surface area contributed by atoms with E-state index in [2.05, 4.69) is 50.4 Å². The summed E-state index contributed by atoms with van der Waals surface area (Å²) in [5.74, 6) is 0. The molecule has 0 aliphatic carbocycles. The SMILES string of the molecule is CCCCc1ccc(CCCCCCNC(C)C)cc1. The van der Waals surface area contributed by atoms with Crippen LogP contribution in [0.2, 0.25) is 0 Å². The summed E-state index contributed by atoms with van der Waals surface area (Å²) in [7, 11) is 0. The van der Waals surface area contributed by atoms with Gasteiger partial charge in [-0.15, -0.1) is 0 Å². The van der Waals surface area contributed by atoms with Crippen molar-refractivity contribution in [1.82, 2.24) is 5.32 Å². The number of rotatable bonds is 11. The lowest BCUT2D eigenvalue weighted by atomic mass is 10.0. The Labute approximate surface area is 126 Å². The summed E-state index contributed by atoms with van der Waals surface area (Å²) in [4.78, 5) is 0. The molecule has 1 nitrogen and oxygen atoms in total. The molecule has 0 radical (unpaired) electrons. The molecule has 0 heterocycles. The highest BCUT2D eigenvalue weighted by atomic mass is 14.9. The molecule has 114 valence electrons. The van der Waals surface area contributed by atoms with Gasteiger partial charge in [0, 0.05) is 6.04 Å². The number of benzene rings is 1. The predicted molar refractivity (Wildman–Crippen MR) is 90.4 cm³/mol. The molecule has 0 unspecified atom stereocenters. The molecular weight excluding hydrogens is 242 g/mol. The Balaban J connectivity index is 2.07. The third-order valence-corrected chi connectivity index (χ3v) is 3.79. The van der Waals surface area contributed by atoms with E-state index in [1.54, 1.807) is 0 Å². The first kappa shape index (κ1) is 17.2. The standard InChI is InChI=1S/C19H33N/c1-4-5-10-18-12-14-19(15-13-18)11-8-6-7-9-16-20-17(2)3/h12-15,17,20H,4-11,16H2,1-3H3. The van der Waals surface area contributed by atoms with Crippen molar-refractivity contribution >= 4 is 0 Å². The van der Waals surface area contributed by atoms with Gasteiger partial charge in [0.15, 0.2) is 0 Å². The number of hydrogen-bond donors (Lipinski definition) is 1. The molecule has 0 saturated carbocycles. The Morgan fingerprint density at radius 2 is 1.35 bits per heavy atom. The van der Waals surface area contributed by atoms with E-state index in [1.807, 2.05) is 0 Å². The van der Waals surface area contributed by atoms with Gasteiger partial charge in [0.1, 0.15) is 0 Å². The zero-order valence-corrected chi connectivity index (χ0v) is 13.8. The van der Waals surface area contributed by atoms with Crippen molar-refractivity contribution < 1.29 is 0 Å². The number of hydrogen-bond acceptors (Lipinski definition) is 1. The first-order valence-corrected chi connectivity index (χ1v) is 8.53. The molecule has 0 saturated heterocycles. The average molecular weight is 275 g/mol. The van der Waals surface area contributed by atoms with E-state index >= 15 is 0 Å². The second kappa shape index (κ2) is 10.9. The molecular formula is C19H33N. The predicted octanol–water partition coefficient (Wildman–Crippen LogP) is 5.13. The van der Waals surface area contributed by atoms with Gasteiger partial charge in [0.05, 0.1) is 0 Å². The van der Waals surface area contributed by atoms with Gasteiger partial charge in [-0.3, -0.25) is 0 Å². The van der Waals surface area contributed by atoms with E-state index in [0.717, 1.165) is 0 Å². The molecule has 1 aromatic rings. The van der Waals surface area contributed by atoms with Gasteiger partial charge in [0.25, 0.3) is 0 Å². The van der Waals surface area contributed by atoms with E-state index in [0.29, 0.717) is 6.04 Å². The lowest BCUT2D eigenvalue weighted by Gasteiger charge is -2.07. The van der Waals surface area contributed by atoms with Gasteiger partial charge in [0.2, 0.25) is 0 Å². The topological polar surface area (TPSA) is 12.0 Å². The van der Waals surface area contributed by atoms with Gasteiger partial charge in [-0.1, -0.05) is 64.3 Å². The van der Waals surface area contributed by atoms with Crippen LogP contribution in [0.25, 0.3) is 0 Å². The molecule has 0 atom stereocenters. The minimum Gasteiger partial charge on any atom is -0.315 e. The van der Waals surface area contributed by atoms with Crippen molar-refractivity contribution in [3.05, 3.63) is 35.4 Å². The normalized spacial score (nSPS) is 11.2. The van der Waals surface area contributed by atoms with Gasteiger partial charge in [-0.2, -0.15) is 0 Å². The molecule has 0 aliphatic heterocycles. The van der Waals surface area contributed by atoms with E-state index < -0.39 is 0 Å². The van der Waals surface area contributed by atoms with Crippen LogP contribution < -0.4 is 5.32 Å². The summed E-state index contributed by atoms with van der Waals surface area (Å²) < 4.78 is 0. The average Bonchev–Trinajstić information content (AvgIpc) is 2.45. The summed E-state index contributed by atoms with van der Waals surface area (Å²) in [6.07, 6.45) is 10.4. The quantitative estimate of drug-likeness (QED) is 0.552. The largest absolute Gasteiger partial charge is 0.315 e. The minimum absolute atomic E-state index is 0.626. The number of nitrogens with one attached hydrogen (secondary N) is 1. The fraction of sp³-hybridized carbons (Fsp3) is 0.684. The fourth-order valence-electron chi connectivity index (χ4n) is 2.45. The van der Waals surface area contributed by atoms with E-state index in [9.17, 15) is 0 Å². The Morgan fingerprint density at radius 1 is 0.800 bits per heavy atom. The first-order chi connectivity index (χ1) is 9.72. The monoisotopic (exact) mass is 275 g/mol. The van der Waals surface area contributed by atoms with Crippen LogP contribution >= 0.6 is 0 Å². The van der Waals surface area contributed by atoms with Crippen LogP contribution in [0.15, 0.2) is 24.3 Å². The van der Waals surface area contributed by atoms with Gasteiger partial charge in [-0.05, 0) is 49.8 Å². The number of unbranched alkanes of at least 4 members (excludes halogenated alkanes) is 4. The molecule has 0 spiro atoms. The maximum Gasteiger partial charge on any atom is 0.00103 e. The van der Waals surface area contributed by atoms with E-state index in [-0.39, 0.29) is 0 Å². The Hall–Kier alpha value is -0.820. The number of aryl methyl sites for hydroxylation is 2. The molecule has 0 fully saturated rings. The maximum absolute atomic E-state index is 3.48. The van der Waals surface area contributed by atoms with Gasteiger partial charge in [-0.25, -0.2) is 0 Å². The Bertz CT molecular complexity index is 326. The summed E-state index contributed by atoms with van der Waals surface area (Å²) in [5.41, 5.74) is 3.00. The Kier molecular flexibility index (Phi) is 9.40. The maximum atomic E-state index is 3.48. The summed E-state index contributed by atoms with van der Waals surface area (Å²) in [6.45, 7) is 7.85. The molecule has 0 amide bonds. The van der Waals surface area contributed by atoms with E-state index in [4.69, 9.17) is 0 Å². The zero-order valence-electron chi connectivity index (χ0n) is 13.8.